The van der Waals surface area contributed by atoms with Gasteiger partial charge in [0.2, 0.25) is 0 Å². The molecule has 26 heavy (non-hydrogen) atoms. The van der Waals surface area contributed by atoms with Crippen molar-refractivity contribution in [3.8, 4) is 0 Å². The summed E-state index contributed by atoms with van der Waals surface area (Å²) >= 11 is 0. The van der Waals surface area contributed by atoms with Crippen molar-refractivity contribution in [3.05, 3.63) is 90.2 Å². The minimum atomic E-state index is 0.937. The van der Waals surface area contributed by atoms with E-state index in [9.17, 15) is 0 Å². The summed E-state index contributed by atoms with van der Waals surface area (Å²) in [5.41, 5.74) is 7.35. The predicted molar refractivity (Wildman–Crippen MR) is 120 cm³/mol. The lowest BCUT2D eigenvalue weighted by Gasteiger charge is -2.14. The summed E-state index contributed by atoms with van der Waals surface area (Å²) in [6.45, 7) is 19.9. The minimum Gasteiger partial charge on any atom is -0.378 e. The fourth-order valence-electron chi connectivity index (χ4n) is 2.21. The normalized spacial score (nSPS) is 11.7. The Morgan fingerprint density at radius 3 is 2.15 bits per heavy atom. The highest BCUT2D eigenvalue weighted by molar-refractivity contribution is 6.10. The Balaban J connectivity index is 0.00000301. The Hall–Kier alpha value is -2.61. The van der Waals surface area contributed by atoms with Crippen molar-refractivity contribution in [2.75, 3.05) is 21.1 Å². The summed E-state index contributed by atoms with van der Waals surface area (Å²) in [4.78, 5) is 6.37. The molecule has 1 aromatic rings. The Kier molecular flexibility index (Phi) is 10.7. The zero-order chi connectivity index (χ0) is 20.3. The first-order valence-corrected chi connectivity index (χ1v) is 8.92. The van der Waals surface area contributed by atoms with Crippen molar-refractivity contribution >= 4 is 11.3 Å². The summed E-state index contributed by atoms with van der Waals surface area (Å²) in [7, 11) is 5.76. The van der Waals surface area contributed by atoms with Gasteiger partial charge in [0.15, 0.2) is 0 Å². The SMILES string of the molecule is C=C/C(=C\C(=C)N(C)C)c1ccc(C(/C=C\C(=C)C)=NC)c(C)c1.CC. The molecular weight excluding hydrogens is 316 g/mol. The fraction of sp³-hybridized carbons (Fsp3) is 0.292. The molecule has 0 atom stereocenters. The molecule has 0 aliphatic rings. The van der Waals surface area contributed by atoms with Gasteiger partial charge in [-0.3, -0.25) is 4.99 Å². The molecule has 0 N–H and O–H groups in total. The van der Waals surface area contributed by atoms with Gasteiger partial charge in [-0.05, 0) is 42.7 Å². The molecule has 0 fully saturated rings. The number of benzene rings is 1. The third-order valence-corrected chi connectivity index (χ3v) is 3.72. The van der Waals surface area contributed by atoms with E-state index in [2.05, 4.69) is 49.9 Å². The van der Waals surface area contributed by atoms with Crippen molar-refractivity contribution in [1.82, 2.24) is 4.90 Å². The largest absolute Gasteiger partial charge is 0.378 e. The second kappa shape index (κ2) is 11.9. The van der Waals surface area contributed by atoms with Gasteiger partial charge in [0.05, 0.1) is 5.71 Å². The topological polar surface area (TPSA) is 15.6 Å². The Morgan fingerprint density at radius 2 is 1.73 bits per heavy atom. The summed E-state index contributed by atoms with van der Waals surface area (Å²) < 4.78 is 0. The average Bonchev–Trinajstić information content (AvgIpc) is 2.62. The Labute approximate surface area is 160 Å². The zero-order valence-corrected chi connectivity index (χ0v) is 17.6. The molecule has 140 valence electrons. The predicted octanol–water partition coefficient (Wildman–Crippen LogP) is 6.22. The van der Waals surface area contributed by atoms with Gasteiger partial charge in [-0.2, -0.15) is 0 Å². The van der Waals surface area contributed by atoms with Crippen molar-refractivity contribution in [2.24, 2.45) is 4.99 Å². The molecule has 1 rings (SSSR count). The lowest BCUT2D eigenvalue weighted by molar-refractivity contribution is 0.533. The highest BCUT2D eigenvalue weighted by atomic mass is 15.1. The van der Waals surface area contributed by atoms with E-state index in [1.165, 1.54) is 5.56 Å². The number of hydrogen-bond donors (Lipinski definition) is 0. The van der Waals surface area contributed by atoms with Gasteiger partial charge in [-0.1, -0.05) is 69.5 Å². The smallest absolute Gasteiger partial charge is 0.0645 e. The van der Waals surface area contributed by atoms with E-state index in [4.69, 9.17) is 0 Å². The first-order valence-electron chi connectivity index (χ1n) is 8.92. The van der Waals surface area contributed by atoms with Gasteiger partial charge in [-0.25, -0.2) is 0 Å². The maximum absolute atomic E-state index is 4.39. The van der Waals surface area contributed by atoms with Gasteiger partial charge >= 0.3 is 0 Å². The second-order valence-corrected chi connectivity index (χ2v) is 6.01. The summed E-state index contributed by atoms with van der Waals surface area (Å²) in [6, 6.07) is 6.36. The molecule has 0 heterocycles. The maximum atomic E-state index is 4.39. The van der Waals surface area contributed by atoms with Gasteiger partial charge < -0.3 is 4.90 Å². The lowest BCUT2D eigenvalue weighted by atomic mass is 9.96. The summed E-state index contributed by atoms with van der Waals surface area (Å²) in [6.07, 6.45) is 7.88. The molecule has 0 bridgehead atoms. The van der Waals surface area contributed by atoms with Gasteiger partial charge in [0, 0.05) is 32.4 Å². The highest BCUT2D eigenvalue weighted by Crippen LogP contribution is 2.22. The quantitative estimate of drug-likeness (QED) is 0.421. The maximum Gasteiger partial charge on any atom is 0.0645 e. The van der Waals surface area contributed by atoms with Crippen LogP contribution in [-0.4, -0.2) is 31.8 Å². The third kappa shape index (κ3) is 7.10. The first-order chi connectivity index (χ1) is 12.3. The number of aryl methyl sites for hydroxylation is 1. The molecule has 2 heteroatoms. The van der Waals surface area contributed by atoms with Crippen molar-refractivity contribution in [2.45, 2.75) is 27.7 Å². The van der Waals surface area contributed by atoms with Gasteiger partial charge in [0.25, 0.3) is 0 Å². The van der Waals surface area contributed by atoms with E-state index in [-0.39, 0.29) is 0 Å². The minimum absolute atomic E-state index is 0.937. The van der Waals surface area contributed by atoms with E-state index >= 15 is 0 Å². The van der Waals surface area contributed by atoms with Crippen molar-refractivity contribution in [1.29, 1.82) is 0 Å². The van der Waals surface area contributed by atoms with Crippen LogP contribution in [-0.2, 0) is 0 Å². The van der Waals surface area contributed by atoms with E-state index in [1.54, 1.807) is 0 Å². The molecule has 2 nitrogen and oxygen atoms in total. The zero-order valence-electron chi connectivity index (χ0n) is 17.6. The number of nitrogens with zero attached hydrogens (tertiary/aromatic N) is 2. The molecule has 0 radical (unpaired) electrons. The molecule has 0 saturated heterocycles. The van der Waals surface area contributed by atoms with Crippen LogP contribution >= 0.6 is 0 Å². The molecule has 1 aromatic carbocycles. The van der Waals surface area contributed by atoms with Crippen molar-refractivity contribution < 1.29 is 0 Å². The van der Waals surface area contributed by atoms with Crippen LogP contribution in [0.15, 0.2) is 78.5 Å². The number of aliphatic imine (C=N–C) groups is 1. The van der Waals surface area contributed by atoms with E-state index < -0.39 is 0 Å². The van der Waals surface area contributed by atoms with Crippen LogP contribution in [0.2, 0.25) is 0 Å². The number of allylic oxidation sites excluding steroid dienone is 6. The number of likely N-dealkylation sites (N-methyl/N-ethyl adjacent to an activating group) is 1. The summed E-state index contributed by atoms with van der Waals surface area (Å²) in [5, 5.41) is 0. The van der Waals surface area contributed by atoms with Crippen molar-refractivity contribution in [3.63, 3.8) is 0 Å². The molecule has 0 amide bonds. The van der Waals surface area contributed by atoms with Crippen LogP contribution in [0.25, 0.3) is 5.57 Å². The van der Waals surface area contributed by atoms with Crippen LogP contribution in [0.1, 0.15) is 37.5 Å². The van der Waals surface area contributed by atoms with E-state index in [0.29, 0.717) is 0 Å². The number of rotatable bonds is 7. The van der Waals surface area contributed by atoms with E-state index in [1.807, 2.05) is 71.1 Å². The number of hydrogen-bond acceptors (Lipinski definition) is 2. The Bertz CT molecular complexity index is 729. The molecule has 0 aromatic heterocycles. The van der Waals surface area contributed by atoms with Crippen LogP contribution in [0.4, 0.5) is 0 Å². The molecule has 0 aliphatic heterocycles. The highest BCUT2D eigenvalue weighted by Gasteiger charge is 2.07. The molecule has 0 unspecified atom stereocenters. The van der Waals surface area contributed by atoms with Crippen LogP contribution < -0.4 is 0 Å². The third-order valence-electron chi connectivity index (χ3n) is 3.72. The first kappa shape index (κ1) is 23.4. The standard InChI is InChI=1S/C22H28N2.C2H6/c1-9-19(15-18(5)24(7)8)20-11-12-21(17(4)14-20)22(23-6)13-10-16(2)3;1-2/h9-15H,1-2,5H2,3-4,6-8H3;1-2H3/b13-10-,19-15+,23-22?;. The average molecular weight is 351 g/mol. The molecular formula is C24H34N2. The van der Waals surface area contributed by atoms with E-state index in [0.717, 1.165) is 33.7 Å². The van der Waals surface area contributed by atoms with Crippen LogP contribution in [0.3, 0.4) is 0 Å². The molecule has 0 saturated carbocycles. The molecule has 0 aliphatic carbocycles. The van der Waals surface area contributed by atoms with Gasteiger partial charge in [0.1, 0.15) is 0 Å². The summed E-state index contributed by atoms with van der Waals surface area (Å²) in [5.74, 6) is 0. The van der Waals surface area contributed by atoms with Crippen LogP contribution in [0.5, 0.6) is 0 Å². The molecule has 0 spiro atoms. The Morgan fingerprint density at radius 1 is 1.12 bits per heavy atom. The monoisotopic (exact) mass is 350 g/mol. The fourth-order valence-corrected chi connectivity index (χ4v) is 2.21. The lowest BCUT2D eigenvalue weighted by Crippen LogP contribution is -2.08. The van der Waals surface area contributed by atoms with Gasteiger partial charge in [-0.15, -0.1) is 0 Å². The van der Waals surface area contributed by atoms with Crippen LogP contribution in [0, 0.1) is 6.92 Å². The second-order valence-electron chi connectivity index (χ2n) is 6.01.